The zero-order valence-electron chi connectivity index (χ0n) is 14.7. The van der Waals surface area contributed by atoms with Crippen molar-refractivity contribution in [3.63, 3.8) is 0 Å². The third-order valence-electron chi connectivity index (χ3n) is 4.60. The number of halogens is 1. The zero-order valence-corrected chi connectivity index (χ0v) is 14.7. The van der Waals surface area contributed by atoms with E-state index in [0.29, 0.717) is 29.1 Å². The van der Waals surface area contributed by atoms with Gasteiger partial charge in [-0.25, -0.2) is 23.7 Å². The molecule has 1 aliphatic rings. The average Bonchev–Trinajstić information content (AvgIpc) is 3.30. The lowest BCUT2D eigenvalue weighted by molar-refractivity contribution is 0.0528. The second-order valence-corrected chi connectivity index (χ2v) is 6.25. The van der Waals surface area contributed by atoms with E-state index in [1.54, 1.807) is 13.1 Å². The van der Waals surface area contributed by atoms with E-state index in [-0.39, 0.29) is 18.5 Å². The first-order valence-electron chi connectivity index (χ1n) is 8.71. The van der Waals surface area contributed by atoms with Crippen LogP contribution in [0.25, 0.3) is 5.65 Å². The summed E-state index contributed by atoms with van der Waals surface area (Å²) < 4.78 is 20.2. The van der Waals surface area contributed by atoms with Gasteiger partial charge in [0.1, 0.15) is 17.1 Å². The second-order valence-electron chi connectivity index (χ2n) is 6.25. The van der Waals surface area contributed by atoms with Crippen LogP contribution in [-0.2, 0) is 4.74 Å². The minimum absolute atomic E-state index is 0.172. The van der Waals surface area contributed by atoms with Crippen LogP contribution in [0, 0.1) is 5.82 Å². The molecule has 27 heavy (non-hydrogen) atoms. The number of anilines is 1. The van der Waals surface area contributed by atoms with Crippen LogP contribution in [0.1, 0.15) is 41.9 Å². The van der Waals surface area contributed by atoms with E-state index in [1.165, 1.54) is 16.8 Å². The molecule has 3 aromatic rings. The third-order valence-corrected chi connectivity index (χ3v) is 4.60. The smallest absolute Gasteiger partial charge is 0.343 e. The summed E-state index contributed by atoms with van der Waals surface area (Å²) in [6.45, 7) is 2.64. The number of fused-ring (bicyclic) bond motifs is 1. The number of pyridine rings is 1. The Labute approximate surface area is 154 Å². The molecule has 1 saturated heterocycles. The van der Waals surface area contributed by atoms with Crippen LogP contribution in [0.15, 0.2) is 30.7 Å². The van der Waals surface area contributed by atoms with Gasteiger partial charge in [-0.2, -0.15) is 5.10 Å². The average molecular weight is 371 g/mol. The summed E-state index contributed by atoms with van der Waals surface area (Å²) in [6, 6.07) is 2.90. The number of nitrogens with zero attached hydrogens (tertiary/aromatic N) is 5. The van der Waals surface area contributed by atoms with Crippen molar-refractivity contribution < 1.29 is 19.0 Å². The van der Waals surface area contributed by atoms with Crippen LogP contribution < -0.4 is 4.90 Å². The molecule has 8 nitrogen and oxygen atoms in total. The largest absolute Gasteiger partial charge is 0.492 e. The van der Waals surface area contributed by atoms with Crippen molar-refractivity contribution in [2.75, 3.05) is 18.1 Å². The lowest BCUT2D eigenvalue weighted by Gasteiger charge is -2.26. The summed E-state index contributed by atoms with van der Waals surface area (Å²) >= 11 is 0. The van der Waals surface area contributed by atoms with Crippen LogP contribution >= 0.6 is 0 Å². The summed E-state index contributed by atoms with van der Waals surface area (Å²) in [5.41, 5.74) is 1.73. The number of carbonyl (C=O) groups is 1. The van der Waals surface area contributed by atoms with Gasteiger partial charge in [-0.05, 0) is 25.8 Å². The van der Waals surface area contributed by atoms with E-state index >= 15 is 0 Å². The fraction of sp³-hybridized carbons (Fsp3) is 0.333. The van der Waals surface area contributed by atoms with Gasteiger partial charge in [0.05, 0.1) is 30.7 Å². The lowest BCUT2D eigenvalue weighted by Crippen LogP contribution is -2.24. The molecule has 1 atom stereocenters. The van der Waals surface area contributed by atoms with E-state index in [9.17, 15) is 14.3 Å². The normalized spacial score (nSPS) is 16.8. The van der Waals surface area contributed by atoms with Crippen LogP contribution in [0.4, 0.5) is 10.1 Å². The first-order chi connectivity index (χ1) is 13.1. The highest BCUT2D eigenvalue weighted by Gasteiger charge is 2.30. The second kappa shape index (κ2) is 6.82. The molecule has 0 radical (unpaired) electrons. The predicted octanol–water partition coefficient (Wildman–Crippen LogP) is 2.49. The van der Waals surface area contributed by atoms with Crippen molar-refractivity contribution in [3.05, 3.63) is 47.8 Å². The Morgan fingerprint density at radius 1 is 1.44 bits per heavy atom. The van der Waals surface area contributed by atoms with Crippen molar-refractivity contribution in [2.24, 2.45) is 0 Å². The lowest BCUT2D eigenvalue weighted by atomic mass is 10.1. The fourth-order valence-electron chi connectivity index (χ4n) is 3.42. The maximum atomic E-state index is 13.6. The number of hydrogen-bond acceptors (Lipinski definition) is 7. The van der Waals surface area contributed by atoms with Gasteiger partial charge in [-0.1, -0.05) is 0 Å². The Bertz CT molecular complexity index is 1010. The van der Waals surface area contributed by atoms with Gasteiger partial charge in [0.2, 0.25) is 5.88 Å². The van der Waals surface area contributed by atoms with Gasteiger partial charge in [0, 0.05) is 18.8 Å². The molecular weight excluding hydrogens is 353 g/mol. The number of ether oxygens (including phenoxy) is 1. The van der Waals surface area contributed by atoms with E-state index in [2.05, 4.69) is 15.1 Å². The Morgan fingerprint density at radius 3 is 3.11 bits per heavy atom. The van der Waals surface area contributed by atoms with Crippen molar-refractivity contribution in [1.29, 1.82) is 0 Å². The van der Waals surface area contributed by atoms with Gasteiger partial charge >= 0.3 is 5.97 Å². The van der Waals surface area contributed by atoms with E-state index in [1.807, 2.05) is 11.0 Å². The number of aromatic hydroxyl groups is 1. The standard InChI is InChI=1S/C18H18FN5O3/c1-2-27-18(26)12-10-21-24-7-5-13(22-16(12)24)14-4-3-6-23(14)15-8-11(19)9-20-17(15)25/h5,7-10,14H,2-4,6H2,1H3,(H,20,25). The molecule has 0 aromatic carbocycles. The highest BCUT2D eigenvalue weighted by Crippen LogP contribution is 2.39. The molecule has 140 valence electrons. The molecule has 4 rings (SSSR count). The zero-order chi connectivity index (χ0) is 19.0. The SMILES string of the molecule is CCOC(=O)c1cnn2ccc(C3CCCN3c3cc(F)cnc3O)nc12. The monoisotopic (exact) mass is 371 g/mol. The molecule has 4 heterocycles. The van der Waals surface area contributed by atoms with Gasteiger partial charge in [0.15, 0.2) is 5.65 Å². The van der Waals surface area contributed by atoms with Crippen LogP contribution in [-0.4, -0.2) is 43.8 Å². The van der Waals surface area contributed by atoms with Crippen LogP contribution in [0.5, 0.6) is 5.88 Å². The third kappa shape index (κ3) is 3.05. The Hall–Kier alpha value is -3.23. The topological polar surface area (TPSA) is 92.8 Å². The van der Waals surface area contributed by atoms with E-state index in [4.69, 9.17) is 4.74 Å². The Kier molecular flexibility index (Phi) is 4.35. The molecule has 0 saturated carbocycles. The molecule has 3 aromatic heterocycles. The van der Waals surface area contributed by atoms with Gasteiger partial charge in [-0.3, -0.25) is 0 Å². The highest BCUT2D eigenvalue weighted by atomic mass is 19.1. The number of aromatic nitrogens is 4. The molecule has 1 aliphatic heterocycles. The van der Waals surface area contributed by atoms with Gasteiger partial charge in [0.25, 0.3) is 0 Å². The summed E-state index contributed by atoms with van der Waals surface area (Å²) in [5, 5.41) is 14.2. The maximum absolute atomic E-state index is 13.6. The number of carbonyl (C=O) groups excluding carboxylic acids is 1. The summed E-state index contributed by atoms with van der Waals surface area (Å²) in [4.78, 5) is 22.3. The van der Waals surface area contributed by atoms with Gasteiger partial charge in [-0.15, -0.1) is 0 Å². The number of rotatable bonds is 4. The first-order valence-corrected chi connectivity index (χ1v) is 8.71. The summed E-state index contributed by atoms with van der Waals surface area (Å²) in [7, 11) is 0. The Balaban J connectivity index is 1.73. The maximum Gasteiger partial charge on any atom is 0.343 e. The summed E-state index contributed by atoms with van der Waals surface area (Å²) in [6.07, 6.45) is 5.77. The van der Waals surface area contributed by atoms with Crippen molar-refractivity contribution >= 4 is 17.3 Å². The molecule has 9 heteroatoms. The fourth-order valence-corrected chi connectivity index (χ4v) is 3.42. The number of esters is 1. The minimum Gasteiger partial charge on any atom is -0.492 e. The predicted molar refractivity (Wildman–Crippen MR) is 94.1 cm³/mol. The molecule has 1 fully saturated rings. The quantitative estimate of drug-likeness (QED) is 0.704. The summed E-state index contributed by atoms with van der Waals surface area (Å²) in [5.74, 6) is -1.22. The van der Waals surface area contributed by atoms with Crippen molar-refractivity contribution in [3.8, 4) is 5.88 Å². The molecule has 0 spiro atoms. The molecule has 1 N–H and O–H groups in total. The molecule has 0 bridgehead atoms. The number of hydrogen-bond donors (Lipinski definition) is 1. The molecular formula is C18H18FN5O3. The van der Waals surface area contributed by atoms with Crippen molar-refractivity contribution in [2.45, 2.75) is 25.8 Å². The Morgan fingerprint density at radius 2 is 2.30 bits per heavy atom. The highest BCUT2D eigenvalue weighted by molar-refractivity contribution is 5.95. The van der Waals surface area contributed by atoms with Crippen molar-refractivity contribution in [1.82, 2.24) is 19.6 Å². The molecule has 1 unspecified atom stereocenters. The minimum atomic E-state index is -0.516. The first kappa shape index (κ1) is 17.2. The molecule has 0 amide bonds. The van der Waals surface area contributed by atoms with Crippen LogP contribution in [0.2, 0.25) is 0 Å². The van der Waals surface area contributed by atoms with E-state index < -0.39 is 11.8 Å². The van der Waals surface area contributed by atoms with Gasteiger partial charge < -0.3 is 14.7 Å². The van der Waals surface area contributed by atoms with Crippen LogP contribution in [0.3, 0.4) is 0 Å². The van der Waals surface area contributed by atoms with E-state index in [0.717, 1.165) is 19.0 Å². The molecule has 0 aliphatic carbocycles.